The molecule has 0 rings (SSSR count). The van der Waals surface area contributed by atoms with E-state index in [1.54, 1.807) is 6.92 Å². The maximum atomic E-state index is 10.6. The van der Waals surface area contributed by atoms with Crippen LogP contribution in [0.4, 0.5) is 0 Å². The highest BCUT2D eigenvalue weighted by Crippen LogP contribution is 2.09. The largest absolute Gasteiger partial charge is 0.299 e. The summed E-state index contributed by atoms with van der Waals surface area (Å²) in [6.07, 6.45) is 1.82. The third kappa shape index (κ3) is 2.10. The molecule has 0 unspecified atom stereocenters. The van der Waals surface area contributed by atoms with Gasteiger partial charge in [0.15, 0.2) is 0 Å². The Labute approximate surface area is 51.1 Å². The minimum Gasteiger partial charge on any atom is -0.299 e. The third-order valence-corrected chi connectivity index (χ3v) is 1.35. The minimum absolute atomic E-state index is 0.245. The highest BCUT2D eigenvalue weighted by Gasteiger charge is 2.07. The van der Waals surface area contributed by atoms with Crippen LogP contribution in [0.1, 0.15) is 33.6 Å². The normalized spacial score (nSPS) is 10.0. The van der Waals surface area contributed by atoms with E-state index >= 15 is 0 Å². The van der Waals surface area contributed by atoms with Crippen molar-refractivity contribution in [2.75, 3.05) is 0 Å². The number of Topliss-reactive ketones (excluding diaryl/α,β-unsaturated/α-hetero) is 1. The zero-order valence-corrected chi connectivity index (χ0v) is 5.82. The second-order valence-corrected chi connectivity index (χ2v) is 1.87. The van der Waals surface area contributed by atoms with E-state index in [1.807, 2.05) is 13.8 Å². The predicted molar refractivity (Wildman–Crippen MR) is 34.5 cm³/mol. The van der Waals surface area contributed by atoms with E-state index in [2.05, 4.69) is 0 Å². The zero-order chi connectivity index (χ0) is 6.57. The summed E-state index contributed by atoms with van der Waals surface area (Å²) in [6.45, 7) is 5.66. The lowest BCUT2D eigenvalue weighted by Crippen LogP contribution is -2.04. The first-order valence-corrected chi connectivity index (χ1v) is 3.08. The molecule has 0 aromatic heterocycles. The van der Waals surface area contributed by atoms with Crippen LogP contribution in [0.25, 0.3) is 0 Å². The molecule has 0 atom stereocenters. The van der Waals surface area contributed by atoms with Crippen LogP contribution in [-0.2, 0) is 4.79 Å². The summed E-state index contributed by atoms with van der Waals surface area (Å²) >= 11 is 0. The molecule has 0 amide bonds. The highest BCUT2D eigenvalue weighted by atomic mass is 16.1. The van der Waals surface area contributed by atoms with Crippen molar-refractivity contribution in [3.05, 3.63) is 5.92 Å². The fraction of sp³-hybridized carbons (Fsp3) is 0.714. The van der Waals surface area contributed by atoms with Crippen molar-refractivity contribution in [1.82, 2.24) is 0 Å². The molecule has 0 saturated carbocycles. The van der Waals surface area contributed by atoms with Gasteiger partial charge in [-0.25, -0.2) is 0 Å². The molecule has 0 fully saturated rings. The Morgan fingerprint density at radius 2 is 1.62 bits per heavy atom. The topological polar surface area (TPSA) is 17.1 Å². The first-order valence-electron chi connectivity index (χ1n) is 3.08. The molecular formula is C7H13O. The maximum Gasteiger partial charge on any atom is 0.136 e. The Balaban J connectivity index is 3.52. The summed E-state index contributed by atoms with van der Waals surface area (Å²) in [5.74, 6) is 1.29. The van der Waals surface area contributed by atoms with Gasteiger partial charge in [0.2, 0.25) is 0 Å². The molecule has 0 aliphatic rings. The molecule has 0 aliphatic carbocycles. The minimum atomic E-state index is 0.245. The van der Waals surface area contributed by atoms with Crippen molar-refractivity contribution in [1.29, 1.82) is 0 Å². The molecule has 0 heterocycles. The van der Waals surface area contributed by atoms with E-state index in [1.165, 1.54) is 0 Å². The molecule has 0 bridgehead atoms. The SMILES string of the molecule is CC[C](CC)C(C)=O. The van der Waals surface area contributed by atoms with Gasteiger partial charge in [0.05, 0.1) is 0 Å². The molecule has 0 saturated heterocycles. The van der Waals surface area contributed by atoms with E-state index in [-0.39, 0.29) is 5.78 Å². The number of ketones is 1. The Morgan fingerprint density at radius 1 is 1.25 bits per heavy atom. The standard InChI is InChI=1S/C7H13O/c1-4-7(5-2)6(3)8/h4-5H2,1-3H3. The van der Waals surface area contributed by atoms with Crippen LogP contribution >= 0.6 is 0 Å². The summed E-state index contributed by atoms with van der Waals surface area (Å²) in [4.78, 5) is 10.6. The summed E-state index contributed by atoms with van der Waals surface area (Å²) in [6, 6.07) is 0. The van der Waals surface area contributed by atoms with E-state index in [0.717, 1.165) is 18.8 Å². The Morgan fingerprint density at radius 3 is 1.62 bits per heavy atom. The smallest absolute Gasteiger partial charge is 0.136 e. The molecule has 1 nitrogen and oxygen atoms in total. The molecule has 8 heavy (non-hydrogen) atoms. The van der Waals surface area contributed by atoms with Crippen LogP contribution in [0.3, 0.4) is 0 Å². The second-order valence-electron chi connectivity index (χ2n) is 1.87. The average Bonchev–Trinajstić information content (AvgIpc) is 1.69. The summed E-state index contributed by atoms with van der Waals surface area (Å²) in [7, 11) is 0. The van der Waals surface area contributed by atoms with Gasteiger partial charge >= 0.3 is 0 Å². The number of carbonyl (C=O) groups is 1. The van der Waals surface area contributed by atoms with Crippen LogP contribution in [0.2, 0.25) is 0 Å². The summed E-state index contributed by atoms with van der Waals surface area (Å²) in [5, 5.41) is 0. The summed E-state index contributed by atoms with van der Waals surface area (Å²) < 4.78 is 0. The predicted octanol–water partition coefficient (Wildman–Crippen LogP) is 1.97. The van der Waals surface area contributed by atoms with Gasteiger partial charge in [-0.2, -0.15) is 0 Å². The molecule has 47 valence electrons. The third-order valence-electron chi connectivity index (χ3n) is 1.35. The molecule has 0 aromatic carbocycles. The van der Waals surface area contributed by atoms with Gasteiger partial charge in [-0.15, -0.1) is 0 Å². The van der Waals surface area contributed by atoms with E-state index in [4.69, 9.17) is 0 Å². The number of hydrogen-bond donors (Lipinski definition) is 0. The Hall–Kier alpha value is -0.330. The van der Waals surface area contributed by atoms with Crippen molar-refractivity contribution < 1.29 is 4.79 Å². The quantitative estimate of drug-likeness (QED) is 0.547. The number of carbonyl (C=O) groups excluding carboxylic acids is 1. The van der Waals surface area contributed by atoms with Crippen molar-refractivity contribution in [2.24, 2.45) is 0 Å². The first-order chi connectivity index (χ1) is 3.72. The molecule has 1 heteroatoms. The van der Waals surface area contributed by atoms with Crippen LogP contribution < -0.4 is 0 Å². The van der Waals surface area contributed by atoms with Crippen molar-refractivity contribution in [3.8, 4) is 0 Å². The van der Waals surface area contributed by atoms with Gasteiger partial charge in [0.1, 0.15) is 5.78 Å². The molecule has 0 spiro atoms. The van der Waals surface area contributed by atoms with Crippen LogP contribution in [-0.4, -0.2) is 5.78 Å². The maximum absolute atomic E-state index is 10.6. The number of hydrogen-bond acceptors (Lipinski definition) is 1. The first kappa shape index (κ1) is 7.67. The fourth-order valence-corrected chi connectivity index (χ4v) is 0.748. The van der Waals surface area contributed by atoms with Gasteiger partial charge < -0.3 is 0 Å². The van der Waals surface area contributed by atoms with Crippen LogP contribution in [0.15, 0.2) is 0 Å². The lowest BCUT2D eigenvalue weighted by atomic mass is 10.00. The molecular weight excluding hydrogens is 100 g/mol. The van der Waals surface area contributed by atoms with Gasteiger partial charge in [-0.1, -0.05) is 13.8 Å². The van der Waals surface area contributed by atoms with Crippen molar-refractivity contribution in [2.45, 2.75) is 33.6 Å². The lowest BCUT2D eigenvalue weighted by molar-refractivity contribution is -0.115. The van der Waals surface area contributed by atoms with Crippen LogP contribution in [0, 0.1) is 5.92 Å². The van der Waals surface area contributed by atoms with E-state index in [9.17, 15) is 4.79 Å². The lowest BCUT2D eigenvalue weighted by Gasteiger charge is -2.03. The van der Waals surface area contributed by atoms with Gasteiger partial charge in [-0.3, -0.25) is 4.79 Å². The molecule has 0 aliphatic heterocycles. The van der Waals surface area contributed by atoms with Gasteiger partial charge in [0, 0.05) is 5.92 Å². The van der Waals surface area contributed by atoms with Crippen molar-refractivity contribution >= 4 is 5.78 Å². The zero-order valence-electron chi connectivity index (χ0n) is 5.82. The second kappa shape index (κ2) is 3.65. The highest BCUT2D eigenvalue weighted by molar-refractivity contribution is 5.89. The molecule has 1 radical (unpaired) electrons. The number of rotatable bonds is 3. The van der Waals surface area contributed by atoms with Gasteiger partial charge in [-0.05, 0) is 19.8 Å². The Bertz CT molecular complexity index is 72.5. The van der Waals surface area contributed by atoms with Gasteiger partial charge in [0.25, 0.3) is 0 Å². The van der Waals surface area contributed by atoms with Crippen molar-refractivity contribution in [3.63, 3.8) is 0 Å². The molecule has 0 aromatic rings. The Kier molecular flexibility index (Phi) is 3.49. The average molecular weight is 113 g/mol. The monoisotopic (exact) mass is 113 g/mol. The fourth-order valence-electron chi connectivity index (χ4n) is 0.748. The summed E-state index contributed by atoms with van der Waals surface area (Å²) in [5.41, 5.74) is 0. The van der Waals surface area contributed by atoms with E-state index in [0.29, 0.717) is 0 Å². The van der Waals surface area contributed by atoms with E-state index < -0.39 is 0 Å². The molecule has 0 N–H and O–H groups in total. The van der Waals surface area contributed by atoms with Crippen LogP contribution in [0.5, 0.6) is 0 Å².